The van der Waals surface area contributed by atoms with Crippen molar-refractivity contribution in [3.8, 4) is 0 Å². The molecule has 0 saturated carbocycles. The molecule has 2 heterocycles. The Bertz CT molecular complexity index is 1030. The second-order valence-electron chi connectivity index (χ2n) is 7.10. The normalized spacial score (nSPS) is 17.2. The number of nitrogens with zero attached hydrogens (tertiary/aromatic N) is 3. The van der Waals surface area contributed by atoms with E-state index in [4.69, 9.17) is 9.57 Å². The maximum atomic E-state index is 13.2. The van der Waals surface area contributed by atoms with Gasteiger partial charge in [-0.15, -0.1) is 0 Å². The Morgan fingerprint density at radius 2 is 2.13 bits per heavy atom. The van der Waals surface area contributed by atoms with Gasteiger partial charge >= 0.3 is 0 Å². The fourth-order valence-electron chi connectivity index (χ4n) is 2.66. The van der Waals surface area contributed by atoms with Gasteiger partial charge in [0.05, 0.1) is 30.1 Å². The Morgan fingerprint density at radius 3 is 2.71 bits per heavy atom. The molecule has 0 unspecified atom stereocenters. The monoisotopic (exact) mass is 470 g/mol. The van der Waals surface area contributed by atoms with Crippen LogP contribution in [0.4, 0.5) is 9.52 Å². The van der Waals surface area contributed by atoms with Crippen molar-refractivity contribution < 1.29 is 27.2 Å². The maximum absolute atomic E-state index is 13.2. The van der Waals surface area contributed by atoms with Crippen LogP contribution in [0.2, 0.25) is 0 Å². The molecular formula is C19H23FN4O5S2. The summed E-state index contributed by atoms with van der Waals surface area (Å²) in [6.07, 6.45) is 1.35. The van der Waals surface area contributed by atoms with Crippen LogP contribution >= 0.6 is 11.3 Å². The molecular weight excluding hydrogens is 447 g/mol. The highest BCUT2D eigenvalue weighted by atomic mass is 32.2. The number of carbonyl (C=O) groups is 1. The molecule has 12 heteroatoms. The van der Waals surface area contributed by atoms with Gasteiger partial charge in [-0.1, -0.05) is 28.6 Å². The van der Waals surface area contributed by atoms with Crippen molar-refractivity contribution in [2.75, 3.05) is 44.9 Å². The van der Waals surface area contributed by atoms with Crippen LogP contribution in [0, 0.1) is 5.13 Å². The van der Waals surface area contributed by atoms with Crippen LogP contribution < -0.4 is 5.32 Å². The molecule has 2 aromatic rings. The fourth-order valence-corrected chi connectivity index (χ4v) is 4.59. The molecule has 0 bridgehead atoms. The second-order valence-corrected chi connectivity index (χ2v) is 10.2. The van der Waals surface area contributed by atoms with Crippen molar-refractivity contribution in [1.29, 1.82) is 0 Å². The van der Waals surface area contributed by atoms with Gasteiger partial charge in [-0.2, -0.15) is 4.39 Å². The third-order valence-electron chi connectivity index (χ3n) is 4.39. The minimum atomic E-state index is -3.47. The van der Waals surface area contributed by atoms with Crippen molar-refractivity contribution in [2.24, 2.45) is 5.16 Å². The minimum absolute atomic E-state index is 0.0266. The van der Waals surface area contributed by atoms with Crippen molar-refractivity contribution in [1.82, 2.24) is 9.88 Å². The molecule has 31 heavy (non-hydrogen) atoms. The number of aromatic nitrogens is 1. The number of hydrogen-bond acceptors (Lipinski definition) is 9. The van der Waals surface area contributed by atoms with Crippen LogP contribution in [-0.2, 0) is 24.2 Å². The molecule has 168 valence electrons. The van der Waals surface area contributed by atoms with Crippen LogP contribution in [-0.4, -0.2) is 75.6 Å². The van der Waals surface area contributed by atoms with Gasteiger partial charge in [0.1, 0.15) is 0 Å². The molecule has 0 aliphatic carbocycles. The summed E-state index contributed by atoms with van der Waals surface area (Å²) in [6, 6.07) is 5.81. The van der Waals surface area contributed by atoms with Gasteiger partial charge in [-0.05, 0) is 26.2 Å². The average Bonchev–Trinajstić information content (AvgIpc) is 3.39. The first-order chi connectivity index (χ1) is 14.7. The predicted octanol–water partition coefficient (Wildman–Crippen LogP) is 1.77. The zero-order valence-corrected chi connectivity index (χ0v) is 18.7. The van der Waals surface area contributed by atoms with E-state index in [9.17, 15) is 17.6 Å². The van der Waals surface area contributed by atoms with E-state index < -0.39 is 20.9 Å². The lowest BCUT2D eigenvalue weighted by molar-refractivity contribution is -0.110. The molecule has 0 radical (unpaired) electrons. The Kier molecular flexibility index (Phi) is 7.70. The van der Waals surface area contributed by atoms with Crippen LogP contribution in [0.1, 0.15) is 12.0 Å². The lowest BCUT2D eigenvalue weighted by Gasteiger charge is -2.12. The summed E-state index contributed by atoms with van der Waals surface area (Å²) >= 11 is 0.677. The summed E-state index contributed by atoms with van der Waals surface area (Å²) < 4.78 is 43.4. The van der Waals surface area contributed by atoms with E-state index in [1.165, 1.54) is 24.3 Å². The second kappa shape index (κ2) is 10.3. The number of thiazole rings is 1. The van der Waals surface area contributed by atoms with Gasteiger partial charge in [0.15, 0.2) is 31.9 Å². The zero-order valence-electron chi connectivity index (χ0n) is 17.1. The first kappa shape index (κ1) is 23.3. The number of halogens is 1. The van der Waals surface area contributed by atoms with E-state index >= 15 is 0 Å². The largest absolute Gasteiger partial charge is 0.389 e. The quantitative estimate of drug-likeness (QED) is 0.439. The molecule has 1 N–H and O–H groups in total. The number of carbonyl (C=O) groups excluding carboxylic acids is 1. The minimum Gasteiger partial charge on any atom is -0.389 e. The first-order valence-corrected chi connectivity index (χ1v) is 11.9. The van der Waals surface area contributed by atoms with E-state index in [1.807, 2.05) is 0 Å². The Balaban J connectivity index is 1.82. The van der Waals surface area contributed by atoms with E-state index in [2.05, 4.69) is 15.5 Å². The van der Waals surface area contributed by atoms with Gasteiger partial charge in [-0.25, -0.2) is 13.4 Å². The SMILES string of the molecule is CN(C)CCS(=O)(=O)c1ccc(C(=NO[C@@H]2CCOC2)C(=O)Nc2ncc(F)s2)cc1. The predicted molar refractivity (Wildman–Crippen MR) is 115 cm³/mol. The van der Waals surface area contributed by atoms with Gasteiger partial charge in [-0.3, -0.25) is 10.1 Å². The van der Waals surface area contributed by atoms with Crippen LogP contribution in [0.5, 0.6) is 0 Å². The molecule has 1 aromatic heterocycles. The highest BCUT2D eigenvalue weighted by Crippen LogP contribution is 2.18. The average molecular weight is 471 g/mol. The molecule has 9 nitrogen and oxygen atoms in total. The van der Waals surface area contributed by atoms with Crippen molar-refractivity contribution in [3.63, 3.8) is 0 Å². The van der Waals surface area contributed by atoms with E-state index in [1.54, 1.807) is 19.0 Å². The van der Waals surface area contributed by atoms with E-state index in [0.29, 0.717) is 43.1 Å². The topological polar surface area (TPSA) is 110 Å². The molecule has 1 fully saturated rings. The number of sulfone groups is 1. The summed E-state index contributed by atoms with van der Waals surface area (Å²) in [5.74, 6) is -0.683. The van der Waals surface area contributed by atoms with Gasteiger partial charge in [0.25, 0.3) is 5.91 Å². The van der Waals surface area contributed by atoms with Gasteiger partial charge in [0, 0.05) is 18.5 Å². The molecule has 1 amide bonds. The summed E-state index contributed by atoms with van der Waals surface area (Å²) in [4.78, 5) is 23.9. The zero-order chi connectivity index (χ0) is 22.4. The Hall–Kier alpha value is -2.41. The molecule has 1 aliphatic rings. The molecule has 0 spiro atoms. The molecule has 1 aromatic carbocycles. The van der Waals surface area contributed by atoms with Crippen LogP contribution in [0.3, 0.4) is 0 Å². The third kappa shape index (κ3) is 6.53. The van der Waals surface area contributed by atoms with Crippen molar-refractivity contribution in [2.45, 2.75) is 17.4 Å². The number of oxime groups is 1. The summed E-state index contributed by atoms with van der Waals surface area (Å²) in [5, 5.41) is 5.99. The smallest absolute Gasteiger partial charge is 0.280 e. The number of benzene rings is 1. The number of rotatable bonds is 9. The molecule has 1 atom stereocenters. The van der Waals surface area contributed by atoms with E-state index in [-0.39, 0.29) is 27.6 Å². The number of ether oxygens (including phenoxy) is 1. The number of nitrogens with one attached hydrogen (secondary N) is 1. The Morgan fingerprint density at radius 1 is 1.39 bits per heavy atom. The third-order valence-corrected chi connectivity index (χ3v) is 6.80. The lowest BCUT2D eigenvalue weighted by Crippen LogP contribution is -2.25. The van der Waals surface area contributed by atoms with Crippen molar-refractivity contribution >= 4 is 37.9 Å². The lowest BCUT2D eigenvalue weighted by atomic mass is 10.1. The van der Waals surface area contributed by atoms with Gasteiger partial charge in [0.2, 0.25) is 0 Å². The van der Waals surface area contributed by atoms with E-state index in [0.717, 1.165) is 6.20 Å². The van der Waals surface area contributed by atoms with Crippen LogP contribution in [0.25, 0.3) is 0 Å². The molecule has 1 saturated heterocycles. The standard InChI is InChI=1S/C19H23FN4O5S2/c1-24(2)8-10-31(26,27)15-5-3-13(4-6-15)17(23-29-14-7-9-28-12-14)18(25)22-19-21-11-16(20)30-19/h3-6,11,14H,7-10,12H2,1-2H3,(H,21,22,25)/t14-/m1/s1. The van der Waals surface area contributed by atoms with Crippen LogP contribution in [0.15, 0.2) is 40.5 Å². The summed E-state index contributed by atoms with van der Waals surface area (Å²) in [5.41, 5.74) is 0.264. The summed E-state index contributed by atoms with van der Waals surface area (Å²) in [6.45, 7) is 1.29. The molecule has 1 aliphatic heterocycles. The highest BCUT2D eigenvalue weighted by Gasteiger charge is 2.22. The number of amides is 1. The first-order valence-electron chi connectivity index (χ1n) is 9.47. The fraction of sp³-hybridized carbons (Fsp3) is 0.421. The molecule has 3 rings (SSSR count). The number of anilines is 1. The highest BCUT2D eigenvalue weighted by molar-refractivity contribution is 7.91. The summed E-state index contributed by atoms with van der Waals surface area (Å²) in [7, 11) is 0.122. The maximum Gasteiger partial charge on any atom is 0.280 e. The van der Waals surface area contributed by atoms with Gasteiger partial charge < -0.3 is 14.5 Å². The van der Waals surface area contributed by atoms with Crippen molar-refractivity contribution in [3.05, 3.63) is 41.2 Å². The number of hydrogen-bond donors (Lipinski definition) is 1. The Labute approximate surface area is 183 Å².